The Morgan fingerprint density at radius 2 is 0.423 bits per heavy atom. The zero-order chi connectivity index (χ0) is 17.9. The molecule has 5 aromatic rings. The third kappa shape index (κ3) is 5.32. The third-order valence-electron chi connectivity index (χ3n) is 3.95. The molecule has 0 saturated carbocycles. The molecule has 0 N–H and O–H groups in total. The van der Waals surface area contributed by atoms with Crippen molar-refractivity contribution in [1.82, 2.24) is 0 Å². The molecule has 0 saturated heterocycles. The minimum absolute atomic E-state index is 1.31. The molecule has 0 bridgehead atoms. The van der Waals surface area contributed by atoms with Gasteiger partial charge in [-0.1, -0.05) is 121 Å². The van der Waals surface area contributed by atoms with Crippen LogP contribution in [-0.4, -0.2) is 0 Å². The van der Waals surface area contributed by atoms with E-state index in [1.165, 1.54) is 21.5 Å². The fourth-order valence-corrected chi connectivity index (χ4v) is 2.65. The maximum absolute atomic E-state index is 2.24. The van der Waals surface area contributed by atoms with Gasteiger partial charge in [0.2, 0.25) is 0 Å². The summed E-state index contributed by atoms with van der Waals surface area (Å²) >= 11 is 0. The van der Waals surface area contributed by atoms with E-state index in [0.29, 0.717) is 0 Å². The number of hydrogen-bond acceptors (Lipinski definition) is 0. The van der Waals surface area contributed by atoms with Crippen LogP contribution in [0.15, 0.2) is 133 Å². The van der Waals surface area contributed by atoms with Crippen LogP contribution in [0.5, 0.6) is 0 Å². The molecular weight excluding hydrogens is 312 g/mol. The molecule has 0 unspecified atom stereocenters. The molecule has 0 aliphatic rings. The molecule has 5 aromatic carbocycles. The van der Waals surface area contributed by atoms with E-state index in [4.69, 9.17) is 0 Å². The van der Waals surface area contributed by atoms with Gasteiger partial charge in [-0.3, -0.25) is 0 Å². The fourth-order valence-electron chi connectivity index (χ4n) is 2.65. The van der Waals surface area contributed by atoms with Crippen LogP contribution in [0, 0.1) is 0 Å². The Balaban J connectivity index is 0.000000135. The van der Waals surface area contributed by atoms with Gasteiger partial charge in [0.25, 0.3) is 0 Å². The van der Waals surface area contributed by atoms with Crippen molar-refractivity contribution in [2.45, 2.75) is 0 Å². The van der Waals surface area contributed by atoms with Gasteiger partial charge >= 0.3 is 0 Å². The van der Waals surface area contributed by atoms with Gasteiger partial charge < -0.3 is 0 Å². The van der Waals surface area contributed by atoms with E-state index in [9.17, 15) is 0 Å². The van der Waals surface area contributed by atoms with Crippen molar-refractivity contribution >= 4 is 21.5 Å². The van der Waals surface area contributed by atoms with Crippen LogP contribution in [0.3, 0.4) is 0 Å². The zero-order valence-electron chi connectivity index (χ0n) is 14.7. The Morgan fingerprint density at radius 3 is 0.615 bits per heavy atom. The van der Waals surface area contributed by atoms with E-state index < -0.39 is 0 Å². The molecule has 0 fully saturated rings. The molecular formula is C26H22. The number of hydrogen-bond donors (Lipinski definition) is 0. The van der Waals surface area contributed by atoms with E-state index in [2.05, 4.69) is 60.7 Å². The summed E-state index contributed by atoms with van der Waals surface area (Å²) in [5.74, 6) is 0. The van der Waals surface area contributed by atoms with Crippen molar-refractivity contribution in [3.05, 3.63) is 133 Å². The third-order valence-corrected chi connectivity index (χ3v) is 3.95. The van der Waals surface area contributed by atoms with Gasteiger partial charge in [-0.05, 0) is 33.7 Å². The Bertz CT molecular complexity index is 829. The second-order valence-electron chi connectivity index (χ2n) is 5.86. The van der Waals surface area contributed by atoms with Crippen LogP contribution >= 0.6 is 0 Å². The lowest BCUT2D eigenvalue weighted by Gasteiger charge is -2.00. The van der Waals surface area contributed by atoms with Gasteiger partial charge in [0.1, 0.15) is 0 Å². The average molecular weight is 334 g/mol. The van der Waals surface area contributed by atoms with Crippen LogP contribution < -0.4 is 0 Å². The molecule has 0 aliphatic heterocycles. The monoisotopic (exact) mass is 334 g/mol. The van der Waals surface area contributed by atoms with Crippen LogP contribution in [0.2, 0.25) is 0 Å². The van der Waals surface area contributed by atoms with E-state index in [1.807, 2.05) is 72.8 Å². The van der Waals surface area contributed by atoms with Crippen molar-refractivity contribution in [1.29, 1.82) is 0 Å². The molecule has 0 aromatic heterocycles. The first kappa shape index (κ1) is 17.4. The largest absolute Gasteiger partial charge is 0.0623 e. The molecule has 0 nitrogen and oxygen atoms in total. The van der Waals surface area contributed by atoms with Gasteiger partial charge in [0.05, 0.1) is 0 Å². The summed E-state index contributed by atoms with van der Waals surface area (Å²) in [4.78, 5) is 0. The van der Waals surface area contributed by atoms with Gasteiger partial charge in [-0.2, -0.15) is 0 Å². The van der Waals surface area contributed by atoms with Crippen molar-refractivity contribution in [2.24, 2.45) is 0 Å². The molecule has 0 spiro atoms. The predicted molar refractivity (Wildman–Crippen MR) is 114 cm³/mol. The molecule has 126 valence electrons. The summed E-state index contributed by atoms with van der Waals surface area (Å²) in [6, 6.07) is 45.4. The summed E-state index contributed by atoms with van der Waals surface area (Å²) in [6.45, 7) is 0. The highest BCUT2D eigenvalue weighted by Gasteiger charge is 1.95. The Morgan fingerprint density at radius 1 is 0.231 bits per heavy atom. The second-order valence-corrected chi connectivity index (χ2v) is 5.86. The summed E-state index contributed by atoms with van der Waals surface area (Å²) in [7, 11) is 0. The number of fused-ring (bicyclic) bond motifs is 2. The molecule has 0 heteroatoms. The Hall–Kier alpha value is -3.38. The van der Waals surface area contributed by atoms with Crippen molar-refractivity contribution in [2.75, 3.05) is 0 Å². The minimum atomic E-state index is 1.31. The normalized spacial score (nSPS) is 9.54. The van der Waals surface area contributed by atoms with E-state index in [1.54, 1.807) is 0 Å². The van der Waals surface area contributed by atoms with Crippen molar-refractivity contribution in [3.8, 4) is 0 Å². The van der Waals surface area contributed by atoms with E-state index in [-0.39, 0.29) is 0 Å². The molecule has 0 atom stereocenters. The zero-order valence-corrected chi connectivity index (χ0v) is 14.7. The van der Waals surface area contributed by atoms with Crippen molar-refractivity contribution in [3.63, 3.8) is 0 Å². The maximum Gasteiger partial charge on any atom is -0.0178 e. The highest BCUT2D eigenvalue weighted by atomic mass is 14.0. The number of rotatable bonds is 0. The van der Waals surface area contributed by atoms with E-state index >= 15 is 0 Å². The lowest BCUT2D eigenvalue weighted by atomic mass is 10.0. The molecule has 0 amide bonds. The average Bonchev–Trinajstić information content (AvgIpc) is 2.75. The second kappa shape index (κ2) is 9.80. The summed E-state index contributed by atoms with van der Waals surface area (Å²) in [5, 5.41) is 5.25. The highest BCUT2D eigenvalue weighted by molar-refractivity contribution is 5.98. The fraction of sp³-hybridized carbons (Fsp3) is 0. The molecule has 0 heterocycles. The predicted octanol–water partition coefficient (Wildman–Crippen LogP) is 7.37. The molecule has 0 radical (unpaired) electrons. The van der Waals surface area contributed by atoms with E-state index in [0.717, 1.165) is 0 Å². The molecule has 0 aliphatic carbocycles. The molecule has 26 heavy (non-hydrogen) atoms. The van der Waals surface area contributed by atoms with Gasteiger partial charge in [-0.15, -0.1) is 0 Å². The first-order valence-electron chi connectivity index (χ1n) is 8.81. The van der Waals surface area contributed by atoms with Crippen LogP contribution in [0.4, 0.5) is 0 Å². The van der Waals surface area contributed by atoms with Crippen molar-refractivity contribution < 1.29 is 0 Å². The van der Waals surface area contributed by atoms with Crippen LogP contribution in [0.25, 0.3) is 21.5 Å². The highest BCUT2D eigenvalue weighted by Crippen LogP contribution is 2.21. The number of benzene rings is 5. The van der Waals surface area contributed by atoms with Gasteiger partial charge in [0, 0.05) is 0 Å². The van der Waals surface area contributed by atoms with Gasteiger partial charge in [0.15, 0.2) is 0 Å². The topological polar surface area (TPSA) is 0 Å². The smallest absolute Gasteiger partial charge is 0.0178 e. The first-order chi connectivity index (χ1) is 12.9. The lowest BCUT2D eigenvalue weighted by molar-refractivity contribution is 1.72. The lowest BCUT2D eigenvalue weighted by Crippen LogP contribution is -1.74. The first-order valence-corrected chi connectivity index (χ1v) is 8.81. The summed E-state index contributed by atoms with van der Waals surface area (Å²) in [5.41, 5.74) is 0. The van der Waals surface area contributed by atoms with Crippen LogP contribution in [-0.2, 0) is 0 Å². The van der Waals surface area contributed by atoms with Gasteiger partial charge in [-0.25, -0.2) is 0 Å². The summed E-state index contributed by atoms with van der Waals surface area (Å²) in [6.07, 6.45) is 0. The van der Waals surface area contributed by atoms with Crippen LogP contribution in [0.1, 0.15) is 0 Å². The molecule has 5 rings (SSSR count). The summed E-state index contributed by atoms with van der Waals surface area (Å²) < 4.78 is 0. The Kier molecular flexibility index (Phi) is 6.58. The SMILES string of the molecule is c1ccc2cc3ccccc3cc2c1.c1ccccc1.c1ccccc1. The standard InChI is InChI=1S/C14H10.2C6H6/c1-2-6-12-10-14-8-4-3-7-13(14)9-11(12)5-1;2*1-2-4-6-5-3-1/h1-10H;2*1-6H. The quantitative estimate of drug-likeness (QED) is 0.259. The minimum Gasteiger partial charge on any atom is -0.0623 e. The maximum atomic E-state index is 2.24. The Labute approximate surface area is 155 Å².